The molecule has 27 heavy (non-hydrogen) atoms. The van der Waals surface area contributed by atoms with E-state index in [-0.39, 0.29) is 35.3 Å². The third-order valence-electron chi connectivity index (χ3n) is 3.89. The van der Waals surface area contributed by atoms with Gasteiger partial charge in [0, 0.05) is 30.0 Å². The molecule has 0 aliphatic carbocycles. The number of non-ortho nitro benzene ring substituents is 1. The summed E-state index contributed by atoms with van der Waals surface area (Å²) in [5.74, 6) is -0.386. The van der Waals surface area contributed by atoms with Crippen molar-refractivity contribution in [1.82, 2.24) is 9.88 Å². The van der Waals surface area contributed by atoms with Crippen LogP contribution in [0.15, 0.2) is 18.2 Å². The van der Waals surface area contributed by atoms with Crippen molar-refractivity contribution in [2.75, 3.05) is 18.5 Å². The first kappa shape index (κ1) is 19.1. The van der Waals surface area contributed by atoms with Crippen LogP contribution >= 0.6 is 22.9 Å². The summed E-state index contributed by atoms with van der Waals surface area (Å²) >= 11 is 7.33. The van der Waals surface area contributed by atoms with Gasteiger partial charge in [0.05, 0.1) is 34.4 Å². The Kier molecular flexibility index (Phi) is 5.57. The fourth-order valence-corrected chi connectivity index (χ4v) is 3.85. The Hall–Kier alpha value is -2.72. The van der Waals surface area contributed by atoms with Crippen molar-refractivity contribution in [3.63, 3.8) is 0 Å². The molecule has 0 saturated heterocycles. The molecule has 0 radical (unpaired) electrons. The van der Waals surface area contributed by atoms with E-state index in [4.69, 9.17) is 16.3 Å². The van der Waals surface area contributed by atoms with Crippen molar-refractivity contribution in [3.05, 3.63) is 49.5 Å². The van der Waals surface area contributed by atoms with Gasteiger partial charge < -0.3 is 9.64 Å². The first-order chi connectivity index (χ1) is 12.9. The van der Waals surface area contributed by atoms with Crippen molar-refractivity contribution in [2.24, 2.45) is 0 Å². The topological polar surface area (TPSA) is 115 Å². The van der Waals surface area contributed by atoms with Gasteiger partial charge in [-0.2, -0.15) is 0 Å². The average Bonchev–Trinajstić information content (AvgIpc) is 3.02. The van der Waals surface area contributed by atoms with E-state index in [9.17, 15) is 19.7 Å². The van der Waals surface area contributed by atoms with Crippen molar-refractivity contribution in [1.29, 1.82) is 0 Å². The molecule has 142 valence electrons. The summed E-state index contributed by atoms with van der Waals surface area (Å²) in [6, 6.07) is 3.78. The van der Waals surface area contributed by atoms with Gasteiger partial charge in [0.15, 0.2) is 5.13 Å². The molecule has 0 fully saturated rings. The number of carbonyl (C=O) groups is 2. The highest BCUT2D eigenvalue weighted by molar-refractivity contribution is 7.15. The zero-order valence-corrected chi connectivity index (χ0v) is 15.8. The Balaban J connectivity index is 1.77. The van der Waals surface area contributed by atoms with E-state index in [2.05, 4.69) is 10.3 Å². The fraction of sp³-hybridized carbons (Fsp3) is 0.312. The first-order valence-electron chi connectivity index (χ1n) is 8.04. The molecule has 0 spiro atoms. The normalized spacial score (nSPS) is 13.0. The van der Waals surface area contributed by atoms with Gasteiger partial charge in [0.25, 0.3) is 11.6 Å². The molecule has 1 aromatic carbocycles. The predicted molar refractivity (Wildman–Crippen MR) is 99.3 cm³/mol. The lowest BCUT2D eigenvalue weighted by atomic mass is 10.1. The Morgan fingerprint density at radius 1 is 1.48 bits per heavy atom. The lowest BCUT2D eigenvalue weighted by Gasteiger charge is -2.26. The number of nitrogens with one attached hydrogen (secondary N) is 1. The molecule has 3 rings (SSSR count). The maximum Gasteiger partial charge on any atom is 0.413 e. The van der Waals surface area contributed by atoms with Gasteiger partial charge in [-0.15, -0.1) is 0 Å². The number of aromatic nitrogens is 1. The number of ether oxygens (including phenoxy) is 1. The quantitative estimate of drug-likeness (QED) is 0.609. The Labute approximate surface area is 163 Å². The number of hydrogen-bond donors (Lipinski definition) is 1. The zero-order valence-electron chi connectivity index (χ0n) is 14.2. The number of thiazole rings is 1. The van der Waals surface area contributed by atoms with Crippen LogP contribution in [0.3, 0.4) is 0 Å². The summed E-state index contributed by atoms with van der Waals surface area (Å²) in [7, 11) is 0. The van der Waals surface area contributed by atoms with Crippen LogP contribution < -0.4 is 5.32 Å². The van der Waals surface area contributed by atoms with Gasteiger partial charge in [-0.25, -0.2) is 9.78 Å². The molecule has 1 aliphatic rings. The molecule has 2 heterocycles. The minimum absolute atomic E-state index is 0.0868. The summed E-state index contributed by atoms with van der Waals surface area (Å²) in [5.41, 5.74) is 0.698. The molecule has 9 nitrogen and oxygen atoms in total. The number of amides is 2. The largest absolute Gasteiger partial charge is 0.450 e. The number of carbonyl (C=O) groups excluding carboxylic acids is 2. The molecule has 2 amide bonds. The second kappa shape index (κ2) is 7.89. The smallest absolute Gasteiger partial charge is 0.413 e. The van der Waals surface area contributed by atoms with Crippen molar-refractivity contribution < 1.29 is 19.2 Å². The predicted octanol–water partition coefficient (Wildman–Crippen LogP) is 3.47. The molecular formula is C16H15ClN4O5S. The lowest BCUT2D eigenvalue weighted by Crippen LogP contribution is -2.35. The van der Waals surface area contributed by atoms with Crippen molar-refractivity contribution >= 4 is 45.8 Å². The lowest BCUT2D eigenvalue weighted by molar-refractivity contribution is -0.384. The summed E-state index contributed by atoms with van der Waals surface area (Å²) < 4.78 is 4.82. The van der Waals surface area contributed by atoms with Gasteiger partial charge >= 0.3 is 6.09 Å². The highest BCUT2D eigenvalue weighted by Crippen LogP contribution is 2.30. The molecule has 0 atom stereocenters. The third kappa shape index (κ3) is 4.17. The van der Waals surface area contributed by atoms with E-state index < -0.39 is 11.0 Å². The van der Waals surface area contributed by atoms with Crippen LogP contribution in [0, 0.1) is 10.1 Å². The molecule has 1 aliphatic heterocycles. The number of halogens is 1. The molecule has 0 bridgehead atoms. The molecular weight excluding hydrogens is 396 g/mol. The Bertz CT molecular complexity index is 916. The molecule has 1 N–H and O–H groups in total. The maximum absolute atomic E-state index is 12.8. The first-order valence-corrected chi connectivity index (χ1v) is 9.24. The SMILES string of the molecule is CCOC(=O)Nc1nc2c(s1)CN(C(=O)c1cc([N+](=O)[O-])ccc1Cl)CC2. The summed E-state index contributed by atoms with van der Waals surface area (Å²) in [6.45, 7) is 2.64. The highest BCUT2D eigenvalue weighted by atomic mass is 35.5. The second-order valence-corrected chi connectivity index (χ2v) is 7.12. The summed E-state index contributed by atoms with van der Waals surface area (Å²) in [5, 5.41) is 14.1. The van der Waals surface area contributed by atoms with E-state index >= 15 is 0 Å². The molecule has 11 heteroatoms. The van der Waals surface area contributed by atoms with Gasteiger partial charge in [0.1, 0.15) is 0 Å². The number of nitro benzene ring substituents is 1. The van der Waals surface area contributed by atoms with Crippen LogP contribution in [0.5, 0.6) is 0 Å². The third-order valence-corrected chi connectivity index (χ3v) is 5.22. The number of nitrogens with zero attached hydrogens (tertiary/aromatic N) is 3. The van der Waals surface area contributed by atoms with Gasteiger partial charge in [0.2, 0.25) is 0 Å². The van der Waals surface area contributed by atoms with Crippen molar-refractivity contribution in [3.8, 4) is 0 Å². The minimum Gasteiger partial charge on any atom is -0.450 e. The van der Waals surface area contributed by atoms with E-state index in [1.807, 2.05) is 0 Å². The van der Waals surface area contributed by atoms with Gasteiger partial charge in [-0.05, 0) is 13.0 Å². The summed E-state index contributed by atoms with van der Waals surface area (Å²) in [6.07, 6.45) is -0.0749. The average molecular weight is 411 g/mol. The Morgan fingerprint density at radius 2 is 2.26 bits per heavy atom. The molecule has 0 saturated carbocycles. The van der Waals surface area contributed by atoms with E-state index in [0.717, 1.165) is 10.6 Å². The number of benzene rings is 1. The minimum atomic E-state index is -0.583. The molecule has 0 unspecified atom stereocenters. The van der Waals surface area contributed by atoms with Crippen LogP contribution in [-0.2, 0) is 17.7 Å². The monoisotopic (exact) mass is 410 g/mol. The van der Waals surface area contributed by atoms with Crippen LogP contribution in [0.25, 0.3) is 0 Å². The molecule has 1 aromatic heterocycles. The standard InChI is InChI=1S/C16H15ClN4O5S/c1-2-26-16(23)19-15-18-12-5-6-20(8-13(12)27-15)14(22)10-7-9(21(24)25)3-4-11(10)17/h3-4,7H,2,5-6,8H2,1H3,(H,18,19,23). The highest BCUT2D eigenvalue weighted by Gasteiger charge is 2.27. The van der Waals surface area contributed by atoms with Crippen LogP contribution in [-0.4, -0.2) is 40.0 Å². The Morgan fingerprint density at radius 3 is 2.96 bits per heavy atom. The van der Waals surface area contributed by atoms with Crippen LogP contribution in [0.2, 0.25) is 5.02 Å². The van der Waals surface area contributed by atoms with Gasteiger partial charge in [-0.1, -0.05) is 22.9 Å². The summed E-state index contributed by atoms with van der Waals surface area (Å²) in [4.78, 5) is 41.4. The van der Waals surface area contributed by atoms with E-state index in [0.29, 0.717) is 18.1 Å². The van der Waals surface area contributed by atoms with Gasteiger partial charge in [-0.3, -0.25) is 20.2 Å². The van der Waals surface area contributed by atoms with Crippen LogP contribution in [0.4, 0.5) is 15.6 Å². The van der Waals surface area contributed by atoms with Crippen LogP contribution in [0.1, 0.15) is 27.9 Å². The zero-order chi connectivity index (χ0) is 19.6. The number of rotatable bonds is 4. The number of fused-ring (bicyclic) bond motifs is 1. The maximum atomic E-state index is 12.8. The van der Waals surface area contributed by atoms with E-state index in [1.165, 1.54) is 29.5 Å². The van der Waals surface area contributed by atoms with Crippen molar-refractivity contribution in [2.45, 2.75) is 19.9 Å². The second-order valence-electron chi connectivity index (χ2n) is 5.63. The van der Waals surface area contributed by atoms with E-state index in [1.54, 1.807) is 11.8 Å². The number of hydrogen-bond acceptors (Lipinski definition) is 7. The number of nitro groups is 1. The molecule has 2 aromatic rings. The fourth-order valence-electron chi connectivity index (χ4n) is 2.64. The number of anilines is 1.